The predicted molar refractivity (Wildman–Crippen MR) is 178 cm³/mol. The van der Waals surface area contributed by atoms with E-state index in [0.29, 0.717) is 10.9 Å². The van der Waals surface area contributed by atoms with Crippen LogP contribution in [0.2, 0.25) is 0 Å². The highest BCUT2D eigenvalue weighted by molar-refractivity contribution is 6.12. The maximum atomic E-state index is 14.4. The number of aromatic nitrogens is 1. The third-order valence-corrected chi connectivity index (χ3v) is 8.44. The molecule has 1 aromatic heterocycles. The highest BCUT2D eigenvalue weighted by Gasteiger charge is 2.33. The van der Waals surface area contributed by atoms with Crippen LogP contribution in [0.5, 0.6) is 0 Å². The molecule has 0 saturated heterocycles. The quantitative estimate of drug-likeness (QED) is 0.175. The van der Waals surface area contributed by atoms with Crippen molar-refractivity contribution in [3.63, 3.8) is 0 Å². The van der Waals surface area contributed by atoms with E-state index < -0.39 is 11.7 Å². The summed E-state index contributed by atoms with van der Waals surface area (Å²) in [7, 11) is 0. The zero-order chi connectivity index (χ0) is 29.8. The van der Waals surface area contributed by atoms with Crippen LogP contribution in [0.1, 0.15) is 5.56 Å². The minimum absolute atomic E-state index is 0.103. The fraction of sp³-hybridized carbons (Fsp3) is 0.0250. The van der Waals surface area contributed by atoms with E-state index in [9.17, 15) is 13.2 Å². The first-order valence-corrected chi connectivity index (χ1v) is 14.4. The second-order valence-corrected chi connectivity index (χ2v) is 11.2. The summed E-state index contributed by atoms with van der Waals surface area (Å²) in [5.41, 5.74) is -0.274. The Kier molecular flexibility index (Phi) is 5.98. The van der Waals surface area contributed by atoms with Crippen LogP contribution >= 0.6 is 0 Å². The molecule has 7 aromatic carbocycles. The first kappa shape index (κ1) is 26.2. The van der Waals surface area contributed by atoms with Crippen molar-refractivity contribution in [3.05, 3.63) is 151 Å². The molecule has 0 fully saturated rings. The molecule has 210 valence electrons. The number of benzene rings is 6. The van der Waals surface area contributed by atoms with Crippen LogP contribution in [-0.4, -0.2) is 4.98 Å². The van der Waals surface area contributed by atoms with Crippen LogP contribution in [0.4, 0.5) is 13.2 Å². The van der Waals surface area contributed by atoms with Crippen molar-refractivity contribution >= 4 is 75.5 Å². The van der Waals surface area contributed by atoms with Crippen molar-refractivity contribution in [3.8, 4) is 0 Å². The van der Waals surface area contributed by atoms with Gasteiger partial charge >= 0.3 is 6.18 Å². The zero-order valence-electron chi connectivity index (χ0n) is 23.4. The van der Waals surface area contributed by atoms with Gasteiger partial charge in [-0.3, -0.25) is 4.98 Å². The Hall–Kier alpha value is -5.48. The Morgan fingerprint density at radius 3 is 1.32 bits per heavy atom. The van der Waals surface area contributed by atoms with Crippen molar-refractivity contribution in [1.29, 1.82) is 0 Å². The lowest BCUT2D eigenvalue weighted by molar-refractivity contribution is -0.136. The van der Waals surface area contributed by atoms with E-state index in [2.05, 4.69) is 71.7 Å². The normalized spacial score (nSPS) is 12.0. The van der Waals surface area contributed by atoms with Gasteiger partial charge in [0.25, 0.3) is 0 Å². The number of fused-ring (bicyclic) bond motifs is 20. The molecule has 0 aliphatic rings. The van der Waals surface area contributed by atoms with Crippen LogP contribution in [0, 0.1) is 0 Å². The fourth-order valence-electron chi connectivity index (χ4n) is 6.26. The average Bonchev–Trinajstić information content (AvgIpc) is 3.07. The number of nitrogens with zero attached hydrogens (tertiary/aromatic N) is 1. The average molecular weight is 576 g/mol. The molecule has 1 nitrogen and oxygen atoms in total. The molecule has 0 saturated carbocycles. The summed E-state index contributed by atoms with van der Waals surface area (Å²) in [6.07, 6.45) is -3.59. The summed E-state index contributed by atoms with van der Waals surface area (Å²) in [6, 6.07) is 46.1. The van der Waals surface area contributed by atoms with Crippen molar-refractivity contribution in [2.45, 2.75) is 6.18 Å². The molecular weight excluding hydrogens is 551 g/mol. The van der Waals surface area contributed by atoms with Crippen LogP contribution in [0.3, 0.4) is 0 Å². The van der Waals surface area contributed by atoms with Gasteiger partial charge in [-0.25, -0.2) is 0 Å². The topological polar surface area (TPSA) is 12.9 Å². The van der Waals surface area contributed by atoms with E-state index in [4.69, 9.17) is 0 Å². The van der Waals surface area contributed by atoms with Crippen LogP contribution in [-0.2, 0) is 6.18 Å². The Balaban J connectivity index is 1.65. The molecule has 0 aliphatic carbocycles. The number of pyridine rings is 1. The van der Waals surface area contributed by atoms with Gasteiger partial charge in [0, 0.05) is 11.6 Å². The van der Waals surface area contributed by atoms with Crippen LogP contribution < -0.4 is 0 Å². The van der Waals surface area contributed by atoms with Crippen molar-refractivity contribution < 1.29 is 13.2 Å². The number of hydrogen-bond acceptors (Lipinski definition) is 1. The van der Waals surface area contributed by atoms with Gasteiger partial charge in [-0.15, -0.1) is 0 Å². The largest absolute Gasteiger partial charge is 0.418 e. The first-order valence-electron chi connectivity index (χ1n) is 14.4. The Labute approximate surface area is 250 Å². The van der Waals surface area contributed by atoms with E-state index in [1.165, 1.54) is 0 Å². The Bertz CT molecular complexity index is 2550. The fourth-order valence-corrected chi connectivity index (χ4v) is 6.26. The molecule has 0 atom stereocenters. The lowest BCUT2D eigenvalue weighted by Gasteiger charge is -2.10. The zero-order valence-corrected chi connectivity index (χ0v) is 23.4. The molecule has 44 heavy (non-hydrogen) atoms. The summed E-state index contributed by atoms with van der Waals surface area (Å²) in [4.78, 5) is 4.37. The maximum Gasteiger partial charge on any atom is 0.418 e. The second kappa shape index (κ2) is 10.1. The Morgan fingerprint density at radius 1 is 0.364 bits per heavy atom. The standard InChI is InChI=1S/C40H24F3N/c41-40(42,43)38-24-44-39-23-37(38)33-15-6-13-30(20-33)28-11-4-9-26(18-28)25-8-3-10-27(17-25)29-12-5-14-32(19-29)36-22-34(39)21-31-7-1-2-16-35(31)36/h1-24H. The molecule has 0 aliphatic heterocycles. The summed E-state index contributed by atoms with van der Waals surface area (Å²) >= 11 is 0. The van der Waals surface area contributed by atoms with Crippen LogP contribution in [0.25, 0.3) is 75.5 Å². The summed E-state index contributed by atoms with van der Waals surface area (Å²) < 4.78 is 43.2. The van der Waals surface area contributed by atoms with Crippen molar-refractivity contribution in [1.82, 2.24) is 4.98 Å². The van der Waals surface area contributed by atoms with Gasteiger partial charge in [-0.05, 0) is 107 Å². The highest BCUT2D eigenvalue weighted by atomic mass is 19.4. The van der Waals surface area contributed by atoms with Gasteiger partial charge in [0.2, 0.25) is 0 Å². The van der Waals surface area contributed by atoms with Gasteiger partial charge in [-0.1, -0.05) is 97.1 Å². The van der Waals surface area contributed by atoms with Crippen LogP contribution in [0.15, 0.2) is 146 Å². The van der Waals surface area contributed by atoms with E-state index in [-0.39, 0.29) is 5.39 Å². The third-order valence-electron chi connectivity index (χ3n) is 8.44. The number of rotatable bonds is 0. The summed E-state index contributed by atoms with van der Waals surface area (Å²) in [5, 5.41) is 11.5. The molecule has 0 amide bonds. The Morgan fingerprint density at radius 2 is 0.773 bits per heavy atom. The maximum absolute atomic E-state index is 14.4. The molecule has 4 heteroatoms. The van der Waals surface area contributed by atoms with E-state index >= 15 is 0 Å². The minimum atomic E-state index is -4.56. The van der Waals surface area contributed by atoms with Crippen molar-refractivity contribution in [2.24, 2.45) is 0 Å². The molecule has 0 radical (unpaired) electrons. The monoisotopic (exact) mass is 575 g/mol. The minimum Gasteiger partial charge on any atom is -0.256 e. The van der Waals surface area contributed by atoms with Gasteiger partial charge in [0.05, 0.1) is 11.1 Å². The van der Waals surface area contributed by atoms with Gasteiger partial charge in [-0.2, -0.15) is 13.2 Å². The van der Waals surface area contributed by atoms with Crippen molar-refractivity contribution in [2.75, 3.05) is 0 Å². The molecule has 0 spiro atoms. The number of halogens is 3. The molecule has 12 bridgehead atoms. The first-order chi connectivity index (χ1) is 21.4. The number of alkyl halides is 3. The SMILES string of the molecule is FC(F)(F)c1cnc2cc1c1cccc(c1)c1cccc(c1)c1cccc(c1)c1cccc(c1)c1cc2cc2ccccc21. The molecule has 8 aromatic rings. The number of hydrogen-bond donors (Lipinski definition) is 0. The molecular formula is C40H24F3N. The molecule has 8 rings (SSSR count). The van der Waals surface area contributed by atoms with E-state index in [1.807, 2.05) is 60.7 Å². The highest BCUT2D eigenvalue weighted by Crippen LogP contribution is 2.36. The van der Waals surface area contributed by atoms with E-state index in [0.717, 1.165) is 65.4 Å². The summed E-state index contributed by atoms with van der Waals surface area (Å²) in [6.45, 7) is 0. The molecule has 1 heterocycles. The summed E-state index contributed by atoms with van der Waals surface area (Å²) in [5.74, 6) is 0. The van der Waals surface area contributed by atoms with Gasteiger partial charge in [0.15, 0.2) is 0 Å². The molecule has 0 unspecified atom stereocenters. The predicted octanol–water partition coefficient (Wildman–Crippen LogP) is 11.9. The van der Waals surface area contributed by atoms with E-state index in [1.54, 1.807) is 12.1 Å². The lowest BCUT2D eigenvalue weighted by atomic mass is 9.99. The third kappa shape index (κ3) is 4.56. The van der Waals surface area contributed by atoms with Gasteiger partial charge in [0.1, 0.15) is 0 Å². The van der Waals surface area contributed by atoms with Gasteiger partial charge < -0.3 is 0 Å². The lowest BCUT2D eigenvalue weighted by Crippen LogP contribution is -2.06. The second-order valence-electron chi connectivity index (χ2n) is 11.2. The molecule has 0 N–H and O–H groups in total. The smallest absolute Gasteiger partial charge is 0.256 e.